The van der Waals surface area contributed by atoms with E-state index in [0.29, 0.717) is 38.5 Å². The first kappa shape index (κ1) is 23.7. The topological polar surface area (TPSA) is 46.5 Å². The van der Waals surface area contributed by atoms with Crippen LogP contribution < -0.4 is 0 Å². The summed E-state index contributed by atoms with van der Waals surface area (Å²) < 4.78 is 87.9. The fourth-order valence-corrected chi connectivity index (χ4v) is 6.55. The Bertz CT molecular complexity index is 667. The Balaban J connectivity index is 2.02. The minimum Gasteiger partial charge on any atom is -0.455 e. The van der Waals surface area contributed by atoms with Crippen LogP contribution in [0, 0.1) is 35.0 Å². The van der Waals surface area contributed by atoms with Gasteiger partial charge in [-0.15, -0.1) is 0 Å². The highest BCUT2D eigenvalue weighted by Gasteiger charge is 2.81. The quantitative estimate of drug-likeness (QED) is 0.450. The Morgan fingerprint density at radius 3 is 1.90 bits per heavy atom. The van der Waals surface area contributed by atoms with Gasteiger partial charge in [0.25, 0.3) is 5.60 Å². The maximum atomic E-state index is 13.8. The third kappa shape index (κ3) is 3.08. The molecule has 3 saturated carbocycles. The van der Waals surface area contributed by atoms with Crippen molar-refractivity contribution in [2.24, 2.45) is 35.0 Å². The molecule has 9 heteroatoms. The van der Waals surface area contributed by atoms with Gasteiger partial charge in [0.1, 0.15) is 0 Å². The molecule has 0 spiro atoms. The van der Waals surface area contributed by atoms with Crippen LogP contribution in [0.25, 0.3) is 0 Å². The summed E-state index contributed by atoms with van der Waals surface area (Å²) in [6.45, 7) is 6.20. The third-order valence-corrected chi connectivity index (χ3v) is 8.71. The highest BCUT2D eigenvalue weighted by atomic mass is 19.4. The first-order valence-corrected chi connectivity index (χ1v) is 10.6. The van der Waals surface area contributed by atoms with E-state index in [1.807, 2.05) is 6.92 Å². The Kier molecular flexibility index (Phi) is 5.53. The monoisotopic (exact) mass is 444 g/mol. The average Bonchev–Trinajstić information content (AvgIpc) is 3.31. The van der Waals surface area contributed by atoms with Crippen molar-refractivity contribution in [2.45, 2.75) is 89.8 Å². The number of esters is 1. The molecule has 0 aromatic carbocycles. The number of halogens is 6. The van der Waals surface area contributed by atoms with E-state index in [1.165, 1.54) is 0 Å². The molecule has 3 aliphatic rings. The summed E-state index contributed by atoms with van der Waals surface area (Å²) in [5.41, 5.74) is -9.46. The molecule has 0 heterocycles. The van der Waals surface area contributed by atoms with Crippen molar-refractivity contribution in [2.75, 3.05) is 0 Å². The van der Waals surface area contributed by atoms with Crippen LogP contribution in [0.3, 0.4) is 0 Å². The minimum atomic E-state index is -6.06. The Hall–Kier alpha value is -0.990. The zero-order chi connectivity index (χ0) is 22.9. The van der Waals surface area contributed by atoms with E-state index >= 15 is 0 Å². The smallest absolute Gasteiger partial charge is 0.430 e. The number of carbonyl (C=O) groups excluding carboxylic acids is 1. The molecule has 0 amide bonds. The maximum absolute atomic E-state index is 13.8. The summed E-state index contributed by atoms with van der Waals surface area (Å²) in [7, 11) is 0. The van der Waals surface area contributed by atoms with E-state index < -0.39 is 40.9 Å². The molecule has 3 nitrogen and oxygen atoms in total. The lowest BCUT2D eigenvalue weighted by molar-refractivity contribution is -0.417. The van der Waals surface area contributed by atoms with Gasteiger partial charge in [0.15, 0.2) is 5.60 Å². The predicted molar refractivity (Wildman–Crippen MR) is 96.2 cm³/mol. The summed E-state index contributed by atoms with van der Waals surface area (Å²) in [5.74, 6) is -1.84. The molecule has 3 rings (SSSR count). The highest BCUT2D eigenvalue weighted by Crippen LogP contribution is 2.63. The van der Waals surface area contributed by atoms with Crippen LogP contribution in [0.4, 0.5) is 26.3 Å². The summed E-state index contributed by atoms with van der Waals surface area (Å²) in [6.07, 6.45) is -10.2. The lowest BCUT2D eigenvalue weighted by Crippen LogP contribution is -2.73. The Morgan fingerprint density at radius 1 is 1.00 bits per heavy atom. The summed E-state index contributed by atoms with van der Waals surface area (Å²) in [5, 5.41) is 10.2. The predicted octanol–water partition coefficient (Wildman–Crippen LogP) is 5.65. The van der Waals surface area contributed by atoms with Crippen LogP contribution in [-0.2, 0) is 9.53 Å². The third-order valence-electron chi connectivity index (χ3n) is 8.71. The molecule has 2 bridgehead atoms. The van der Waals surface area contributed by atoms with Gasteiger partial charge in [0.2, 0.25) is 0 Å². The zero-order valence-electron chi connectivity index (χ0n) is 17.7. The molecule has 174 valence electrons. The van der Waals surface area contributed by atoms with E-state index in [9.17, 15) is 36.2 Å². The van der Waals surface area contributed by atoms with Gasteiger partial charge in [-0.3, -0.25) is 4.79 Å². The molecule has 0 radical (unpaired) electrons. The molecule has 0 aliphatic heterocycles. The van der Waals surface area contributed by atoms with Crippen molar-refractivity contribution >= 4 is 5.97 Å². The van der Waals surface area contributed by atoms with Crippen molar-refractivity contribution in [3.63, 3.8) is 0 Å². The summed E-state index contributed by atoms with van der Waals surface area (Å²) in [6, 6.07) is 0. The Morgan fingerprint density at radius 2 is 1.50 bits per heavy atom. The van der Waals surface area contributed by atoms with Crippen LogP contribution >= 0.6 is 0 Å². The van der Waals surface area contributed by atoms with Crippen LogP contribution in [0.1, 0.15) is 66.2 Å². The van der Waals surface area contributed by atoms with Gasteiger partial charge in [0, 0.05) is 5.92 Å². The van der Waals surface area contributed by atoms with Gasteiger partial charge in [-0.1, -0.05) is 26.7 Å². The second-order valence-electron chi connectivity index (χ2n) is 10.1. The van der Waals surface area contributed by atoms with Gasteiger partial charge in [0.05, 0.1) is 5.41 Å². The summed E-state index contributed by atoms with van der Waals surface area (Å²) in [4.78, 5) is 13.2. The number of alkyl halides is 6. The second kappa shape index (κ2) is 7.01. The van der Waals surface area contributed by atoms with Crippen molar-refractivity contribution in [3.05, 3.63) is 0 Å². The van der Waals surface area contributed by atoms with Gasteiger partial charge < -0.3 is 9.84 Å². The standard InChI is InChI=1S/C21H30F6O3/c1-11-12(2)15-9-13(11)10-17(15,3)16(28)30-18(4,14-7-5-6-8-14)19(29,20(22,23)24)21(25,26)27/h11-15,29H,5-10H2,1-4H3. The van der Waals surface area contributed by atoms with E-state index in [4.69, 9.17) is 4.74 Å². The lowest BCUT2D eigenvalue weighted by Gasteiger charge is -2.50. The normalized spacial score (nSPS) is 37.4. The number of aliphatic hydroxyl groups is 1. The number of hydrogen-bond donors (Lipinski definition) is 1. The van der Waals surface area contributed by atoms with Gasteiger partial charge >= 0.3 is 18.3 Å². The van der Waals surface area contributed by atoms with Gasteiger partial charge in [-0.2, -0.15) is 26.3 Å². The van der Waals surface area contributed by atoms with Crippen molar-refractivity contribution in [1.82, 2.24) is 0 Å². The van der Waals surface area contributed by atoms with E-state index in [1.54, 1.807) is 6.92 Å². The average molecular weight is 444 g/mol. The SMILES string of the molecule is CC1C2CC(C1C)C(C)(C(=O)OC(C)(C1CCCC1)C(O)(C(F)(F)F)C(F)(F)F)C2. The molecule has 1 N–H and O–H groups in total. The van der Waals surface area contributed by atoms with Crippen molar-refractivity contribution in [3.8, 4) is 0 Å². The molecule has 30 heavy (non-hydrogen) atoms. The largest absolute Gasteiger partial charge is 0.455 e. The fraction of sp³-hybridized carbons (Fsp3) is 0.952. The van der Waals surface area contributed by atoms with Gasteiger partial charge in [-0.25, -0.2) is 0 Å². The molecule has 6 atom stereocenters. The molecule has 3 fully saturated rings. The number of carbonyl (C=O) groups is 1. The van der Waals surface area contributed by atoms with E-state index in [0.717, 1.165) is 0 Å². The highest BCUT2D eigenvalue weighted by molar-refractivity contribution is 5.78. The molecule has 0 aromatic rings. The van der Waals surface area contributed by atoms with Crippen LogP contribution in [0.5, 0.6) is 0 Å². The second-order valence-corrected chi connectivity index (χ2v) is 10.1. The molecular formula is C21H30F6O3. The van der Waals surface area contributed by atoms with Crippen molar-refractivity contribution < 1.29 is 41.0 Å². The van der Waals surface area contributed by atoms with Crippen LogP contribution in [0.2, 0.25) is 0 Å². The molecule has 0 saturated heterocycles. The van der Waals surface area contributed by atoms with Gasteiger partial charge in [-0.05, 0) is 63.2 Å². The van der Waals surface area contributed by atoms with Crippen LogP contribution in [0.15, 0.2) is 0 Å². The minimum absolute atomic E-state index is 0.0223. The first-order chi connectivity index (χ1) is 13.5. The number of hydrogen-bond acceptors (Lipinski definition) is 3. The fourth-order valence-electron chi connectivity index (χ4n) is 6.55. The number of fused-ring (bicyclic) bond motifs is 2. The Labute approximate surface area is 172 Å². The van der Waals surface area contributed by atoms with Crippen molar-refractivity contribution in [1.29, 1.82) is 0 Å². The maximum Gasteiger partial charge on any atom is 0.430 e. The van der Waals surface area contributed by atoms with E-state index in [2.05, 4.69) is 6.92 Å². The molecule has 6 unspecified atom stereocenters. The zero-order valence-corrected chi connectivity index (χ0v) is 17.7. The number of rotatable bonds is 4. The number of ether oxygens (including phenoxy) is 1. The molecule has 3 aliphatic carbocycles. The lowest BCUT2D eigenvalue weighted by atomic mass is 9.66. The molecule has 0 aromatic heterocycles. The van der Waals surface area contributed by atoms with E-state index in [-0.39, 0.29) is 30.6 Å². The molecular weight excluding hydrogens is 414 g/mol. The van der Waals surface area contributed by atoms with Crippen LogP contribution in [-0.4, -0.2) is 34.6 Å². The summed E-state index contributed by atoms with van der Waals surface area (Å²) >= 11 is 0. The first-order valence-electron chi connectivity index (χ1n) is 10.6.